The van der Waals surface area contributed by atoms with E-state index >= 15 is 0 Å². The fraction of sp³-hybridized carbons (Fsp3) is 0.589. The van der Waals surface area contributed by atoms with Crippen LogP contribution in [0.25, 0.3) is 0 Å². The van der Waals surface area contributed by atoms with Crippen molar-refractivity contribution in [3.63, 3.8) is 0 Å². The monoisotopic (exact) mass is 1160 g/mol. The van der Waals surface area contributed by atoms with Crippen LogP contribution in [0.4, 0.5) is 0 Å². The number of hydrogen-bond donors (Lipinski definition) is 4. The lowest BCUT2D eigenvalue weighted by Gasteiger charge is -2.28. The number of esters is 2. The third-order valence-electron chi connectivity index (χ3n) is 16.7. The van der Waals surface area contributed by atoms with Gasteiger partial charge in [-0.05, 0) is 119 Å². The molecule has 2 aliphatic carbocycles. The number of aliphatic imine (C=N–C) groups is 4. The molecule has 12 heteroatoms. The molecule has 2 fully saturated rings. The summed E-state index contributed by atoms with van der Waals surface area (Å²) in [7, 11) is 0. The van der Waals surface area contributed by atoms with Gasteiger partial charge in [0.15, 0.2) is 0 Å². The summed E-state index contributed by atoms with van der Waals surface area (Å²) in [5, 5.41) is 46.0. The molecular weight excluding hydrogens is 1060 g/mol. The van der Waals surface area contributed by atoms with Crippen molar-refractivity contribution in [1.82, 2.24) is 0 Å². The van der Waals surface area contributed by atoms with Crippen LogP contribution >= 0.6 is 0 Å². The number of unbranched alkanes of at least 4 members (excludes halogenated alkanes) is 4. The maximum atomic E-state index is 13.3. The second-order valence-electron chi connectivity index (χ2n) is 30.4. The van der Waals surface area contributed by atoms with Gasteiger partial charge in [-0.2, -0.15) is 0 Å². The predicted molar refractivity (Wildman–Crippen MR) is 351 cm³/mol. The molecule has 0 heterocycles. The Kier molecular flexibility index (Phi) is 22.0. The van der Waals surface area contributed by atoms with Crippen LogP contribution in [0, 0.1) is 0 Å². The molecule has 0 unspecified atom stereocenters. The number of ether oxygens (including phenoxy) is 2. The van der Waals surface area contributed by atoms with Gasteiger partial charge in [-0.25, -0.2) is 0 Å². The van der Waals surface area contributed by atoms with E-state index in [1.54, 1.807) is 36.7 Å². The van der Waals surface area contributed by atoms with Crippen molar-refractivity contribution in [3.8, 4) is 34.5 Å². The summed E-state index contributed by atoms with van der Waals surface area (Å²) in [5.74, 6) is 0.699. The fourth-order valence-electron chi connectivity index (χ4n) is 11.3. The molecule has 464 valence electrons. The predicted octanol–water partition coefficient (Wildman–Crippen LogP) is 17.2. The van der Waals surface area contributed by atoms with Crippen molar-refractivity contribution in [2.75, 3.05) is 0 Å². The lowest BCUT2D eigenvalue weighted by atomic mass is 9.79. The maximum Gasteiger partial charge on any atom is 0.311 e. The van der Waals surface area contributed by atoms with Crippen LogP contribution in [-0.2, 0) is 42.1 Å². The number of carbonyl (C=O) groups excluding carboxylic acids is 2. The third-order valence-corrected chi connectivity index (χ3v) is 16.7. The SMILES string of the molecule is CC(C)(C)c1cc(C=N[C@H]2CCCC[C@@H]2N=Cc2cc(OC(=O)CCCCCCCC(=O)Oc3cc(C=N[C@H]4CCCC[C@@H]4N=Cc4cc(C(C)(C)C)cc(C(C)(C)C)c4O)c(O)c(C(C)(C)C)c3)cc(C(C)(C)C)c2O)c(O)c(C(C)(C)C)c1. The number of rotatable bonds is 18. The average Bonchev–Trinajstić information content (AvgIpc) is 3.14. The number of phenols is 4. The number of nitrogens with zero attached hydrogens (tertiary/aromatic N) is 4. The molecule has 2 aliphatic rings. The van der Waals surface area contributed by atoms with Gasteiger partial charge in [0.25, 0.3) is 0 Å². The highest BCUT2D eigenvalue weighted by Crippen LogP contribution is 2.42. The van der Waals surface area contributed by atoms with Crippen molar-refractivity contribution in [2.45, 2.75) is 278 Å². The van der Waals surface area contributed by atoms with Crippen molar-refractivity contribution < 1.29 is 39.5 Å². The van der Waals surface area contributed by atoms with Gasteiger partial charge in [0.1, 0.15) is 34.5 Å². The number of hydrogen-bond acceptors (Lipinski definition) is 12. The third kappa shape index (κ3) is 18.8. The quantitative estimate of drug-likeness (QED) is 0.0328. The van der Waals surface area contributed by atoms with Gasteiger partial charge in [-0.15, -0.1) is 0 Å². The zero-order chi connectivity index (χ0) is 63.0. The lowest BCUT2D eigenvalue weighted by Crippen LogP contribution is -2.27. The molecule has 4 atom stereocenters. The molecule has 4 aromatic rings. The number of benzene rings is 4. The molecule has 0 bridgehead atoms. The molecule has 4 N–H and O–H groups in total. The Bertz CT molecular complexity index is 2900. The largest absolute Gasteiger partial charge is 0.507 e. The van der Waals surface area contributed by atoms with Crippen molar-refractivity contribution in [3.05, 3.63) is 104 Å². The van der Waals surface area contributed by atoms with E-state index in [1.807, 2.05) is 66.1 Å². The Morgan fingerprint density at radius 1 is 0.376 bits per heavy atom. The van der Waals surface area contributed by atoms with E-state index in [0.717, 1.165) is 92.9 Å². The van der Waals surface area contributed by atoms with Gasteiger partial charge < -0.3 is 29.9 Å². The lowest BCUT2D eigenvalue weighted by molar-refractivity contribution is -0.135. The van der Waals surface area contributed by atoms with Crippen LogP contribution < -0.4 is 9.47 Å². The molecule has 12 nitrogen and oxygen atoms in total. The van der Waals surface area contributed by atoms with E-state index in [1.165, 1.54) is 0 Å². The van der Waals surface area contributed by atoms with Gasteiger partial charge in [0.05, 0.1) is 24.2 Å². The Morgan fingerprint density at radius 3 is 0.882 bits per heavy atom. The molecule has 0 aliphatic heterocycles. The van der Waals surface area contributed by atoms with Crippen LogP contribution in [0.2, 0.25) is 0 Å². The topological polar surface area (TPSA) is 183 Å². The Labute approximate surface area is 510 Å². The number of phenolic OH excluding ortho intramolecular Hbond substituents is 4. The van der Waals surface area contributed by atoms with E-state index in [-0.39, 0.29) is 93.6 Å². The van der Waals surface area contributed by atoms with Gasteiger partial charge in [-0.3, -0.25) is 29.6 Å². The second kappa shape index (κ2) is 27.6. The first-order chi connectivity index (χ1) is 39.4. The first kappa shape index (κ1) is 67.8. The van der Waals surface area contributed by atoms with Crippen molar-refractivity contribution in [2.24, 2.45) is 20.0 Å². The van der Waals surface area contributed by atoms with E-state index in [4.69, 9.17) is 29.4 Å². The molecular formula is C73H104N4O8. The maximum absolute atomic E-state index is 13.3. The van der Waals surface area contributed by atoms with Crippen LogP contribution in [-0.4, -0.2) is 81.4 Å². The highest BCUT2D eigenvalue weighted by atomic mass is 16.5. The van der Waals surface area contributed by atoms with Crippen molar-refractivity contribution in [1.29, 1.82) is 0 Å². The van der Waals surface area contributed by atoms with Crippen LogP contribution in [0.5, 0.6) is 34.5 Å². The minimum Gasteiger partial charge on any atom is -0.507 e. The first-order valence-corrected chi connectivity index (χ1v) is 31.5. The summed E-state index contributed by atoms with van der Waals surface area (Å²) in [6, 6.07) is 14.7. The molecule has 85 heavy (non-hydrogen) atoms. The van der Waals surface area contributed by atoms with Crippen LogP contribution in [0.15, 0.2) is 68.5 Å². The van der Waals surface area contributed by atoms with Gasteiger partial charge in [-0.1, -0.05) is 182 Å². The molecule has 2 saturated carbocycles. The summed E-state index contributed by atoms with van der Waals surface area (Å²) in [6.45, 7) is 37.7. The number of carbonyl (C=O) groups is 2. The first-order valence-electron chi connectivity index (χ1n) is 31.5. The zero-order valence-electron chi connectivity index (χ0n) is 55.1. The Balaban J connectivity index is 1.03. The van der Waals surface area contributed by atoms with Gasteiger partial charge in [0.2, 0.25) is 0 Å². The summed E-state index contributed by atoms with van der Waals surface area (Å²) >= 11 is 0. The highest BCUT2D eigenvalue weighted by Gasteiger charge is 2.31. The zero-order valence-corrected chi connectivity index (χ0v) is 55.1. The van der Waals surface area contributed by atoms with Gasteiger partial charge in [0, 0.05) is 82.2 Å². The van der Waals surface area contributed by atoms with Crippen molar-refractivity contribution >= 4 is 36.8 Å². The van der Waals surface area contributed by atoms with Crippen LogP contribution in [0.3, 0.4) is 0 Å². The Hall–Kier alpha value is -6.30. The summed E-state index contributed by atoms with van der Waals surface area (Å²) in [4.78, 5) is 46.7. The molecule has 4 aromatic carbocycles. The smallest absolute Gasteiger partial charge is 0.311 e. The van der Waals surface area contributed by atoms with Gasteiger partial charge >= 0.3 is 11.9 Å². The minimum absolute atomic E-state index is 0.101. The minimum atomic E-state index is -0.451. The average molecular weight is 1170 g/mol. The van der Waals surface area contributed by atoms with Crippen LogP contribution in [0.1, 0.15) is 277 Å². The fourth-order valence-corrected chi connectivity index (χ4v) is 11.3. The standard InChI is InChI=1S/C73H104N4O8/c1-68(2,3)50-34-46(64(80)54(38-50)70(7,8)9)42-74-58-28-24-26-30-60(58)76-44-48-36-52(40-56(66(48)82)72(13,14)15)84-62(78)32-22-20-19-21-23-33-63(79)85-53-37-49(67(83)57(41-53)73(16,17)18)45-77-61-31-27-25-29-59(61)75-43-47-35-51(69(4,5)6)39-55(65(47)81)71(10,11)12/h34-45,58-61,80-83H,19-33H2,1-18H3/t58-,59-,60-,61-/m0/s1. The van der Waals surface area contributed by atoms with E-state index in [2.05, 4.69) is 95.2 Å². The van der Waals surface area contributed by atoms with E-state index < -0.39 is 10.8 Å². The molecule has 0 saturated heterocycles. The van der Waals surface area contributed by atoms with E-state index in [0.29, 0.717) is 57.7 Å². The molecule has 0 amide bonds. The summed E-state index contributed by atoms with van der Waals surface area (Å²) < 4.78 is 11.9. The number of aromatic hydroxyl groups is 4. The molecule has 0 aromatic heterocycles. The summed E-state index contributed by atoms with van der Waals surface area (Å²) in [6.07, 6.45) is 18.5. The van der Waals surface area contributed by atoms with E-state index in [9.17, 15) is 30.0 Å². The second-order valence-corrected chi connectivity index (χ2v) is 30.4. The Morgan fingerprint density at radius 2 is 0.624 bits per heavy atom. The highest BCUT2D eigenvalue weighted by molar-refractivity contribution is 5.88. The molecule has 0 spiro atoms. The normalized spacial score (nSPS) is 18.8. The molecule has 0 radical (unpaired) electrons. The molecule has 6 rings (SSSR count). The summed E-state index contributed by atoms with van der Waals surface area (Å²) in [5.41, 5.74) is 6.08.